The fraction of sp³-hybridized carbons (Fsp3) is 0.606. The smallest absolute Gasteiger partial charge is 0.255 e. The van der Waals surface area contributed by atoms with Crippen LogP contribution in [0.4, 0.5) is 11.4 Å². The predicted molar refractivity (Wildman–Crippen MR) is 152 cm³/mol. The summed E-state index contributed by atoms with van der Waals surface area (Å²) in [4.78, 5) is 18.3. The van der Waals surface area contributed by atoms with E-state index in [-0.39, 0.29) is 5.91 Å². The van der Waals surface area contributed by atoms with E-state index in [1.165, 1.54) is 63.7 Å². The molecule has 6 fully saturated rings. The van der Waals surface area contributed by atoms with E-state index < -0.39 is 0 Å². The number of likely N-dealkylation sites (tertiary alicyclic amines) is 1. The summed E-state index contributed by atoms with van der Waals surface area (Å²) in [5.41, 5.74) is 4.49. The average molecular weight is 514 g/mol. The van der Waals surface area contributed by atoms with Crippen LogP contribution in [-0.4, -0.2) is 48.6 Å². The van der Waals surface area contributed by atoms with Gasteiger partial charge in [-0.1, -0.05) is 26.0 Å². The lowest BCUT2D eigenvalue weighted by atomic mass is 9.47. The number of benzene rings is 2. The monoisotopic (exact) mass is 513 g/mol. The lowest BCUT2D eigenvalue weighted by Crippen LogP contribution is -2.59. The minimum Gasteiger partial charge on any atom is -0.374 e. The second-order valence-corrected chi connectivity index (χ2v) is 13.3. The fourth-order valence-corrected chi connectivity index (χ4v) is 8.24. The Morgan fingerprint density at radius 1 is 0.947 bits per heavy atom. The number of hydrogen-bond acceptors (Lipinski definition) is 4. The molecule has 2 aromatic rings. The van der Waals surface area contributed by atoms with Gasteiger partial charge in [-0.25, -0.2) is 0 Å². The van der Waals surface area contributed by atoms with E-state index in [1.54, 1.807) is 0 Å². The molecule has 38 heavy (non-hydrogen) atoms. The van der Waals surface area contributed by atoms with Gasteiger partial charge >= 0.3 is 0 Å². The summed E-state index contributed by atoms with van der Waals surface area (Å²) in [5, 5.41) is 3.08. The molecule has 5 atom stereocenters. The summed E-state index contributed by atoms with van der Waals surface area (Å²) >= 11 is 0. The summed E-state index contributed by atoms with van der Waals surface area (Å²) in [7, 11) is 0. The van der Waals surface area contributed by atoms with Gasteiger partial charge in [-0.2, -0.15) is 0 Å². The molecule has 6 aliphatic rings. The van der Waals surface area contributed by atoms with Gasteiger partial charge in [-0.15, -0.1) is 0 Å². The quantitative estimate of drug-likeness (QED) is 0.469. The third-order valence-corrected chi connectivity index (χ3v) is 11.1. The van der Waals surface area contributed by atoms with Crippen molar-refractivity contribution in [3.63, 3.8) is 0 Å². The number of nitrogens with one attached hydrogen (secondary N) is 1. The van der Waals surface area contributed by atoms with E-state index in [4.69, 9.17) is 4.74 Å². The molecule has 202 valence electrons. The number of fused-ring (bicyclic) bond motifs is 3. The Hall–Kier alpha value is -2.37. The molecule has 1 amide bonds. The highest BCUT2D eigenvalue weighted by molar-refractivity contribution is 6.04. The molecule has 2 aliphatic heterocycles. The Morgan fingerprint density at radius 2 is 1.74 bits per heavy atom. The molecule has 1 N–H and O–H groups in total. The Balaban J connectivity index is 0.948. The molecule has 8 rings (SSSR count). The van der Waals surface area contributed by atoms with Crippen molar-refractivity contribution in [2.45, 2.75) is 83.6 Å². The first kappa shape index (κ1) is 24.7. The largest absolute Gasteiger partial charge is 0.374 e. The molecule has 2 saturated heterocycles. The van der Waals surface area contributed by atoms with Crippen molar-refractivity contribution in [3.05, 3.63) is 59.7 Å². The van der Waals surface area contributed by atoms with Crippen LogP contribution in [0, 0.1) is 23.2 Å². The summed E-state index contributed by atoms with van der Waals surface area (Å²) in [6.45, 7) is 9.30. The highest BCUT2D eigenvalue weighted by Gasteiger charge is 2.57. The lowest BCUT2D eigenvalue weighted by molar-refractivity contribution is -0.116. The van der Waals surface area contributed by atoms with E-state index >= 15 is 0 Å². The summed E-state index contributed by atoms with van der Waals surface area (Å²) < 4.78 is 5.88. The molecule has 0 aromatic heterocycles. The third kappa shape index (κ3) is 4.36. The Morgan fingerprint density at radius 3 is 2.42 bits per heavy atom. The summed E-state index contributed by atoms with van der Waals surface area (Å²) in [6, 6.07) is 17.7. The van der Waals surface area contributed by atoms with Gasteiger partial charge in [0.25, 0.3) is 5.91 Å². The zero-order chi connectivity index (χ0) is 25.9. The van der Waals surface area contributed by atoms with Gasteiger partial charge in [0, 0.05) is 48.7 Å². The lowest BCUT2D eigenvalue weighted by Gasteiger charge is -2.61. The highest BCUT2D eigenvalue weighted by atomic mass is 16.5. The minimum atomic E-state index is -0.0643. The maximum atomic E-state index is 12.8. The van der Waals surface area contributed by atoms with Crippen molar-refractivity contribution in [2.75, 3.05) is 29.9 Å². The number of rotatable bonds is 7. The van der Waals surface area contributed by atoms with E-state index in [0.717, 1.165) is 41.6 Å². The van der Waals surface area contributed by atoms with Crippen molar-refractivity contribution < 1.29 is 9.53 Å². The number of carbonyl (C=O) groups is 1. The van der Waals surface area contributed by atoms with Crippen LogP contribution < -0.4 is 10.2 Å². The van der Waals surface area contributed by atoms with Gasteiger partial charge in [-0.3, -0.25) is 9.69 Å². The third-order valence-electron chi connectivity index (χ3n) is 11.1. The summed E-state index contributed by atoms with van der Waals surface area (Å²) in [6.07, 6.45) is 9.65. The standard InChI is InChI=1S/C33H43N3O2/c1-33(2)25-10-15-30(29(33)18-25)35-19-24-16-17-36(31(24)20-35)27-13-11-26(12-14-27)34-32(37)23-8-6-22(7-9-23)21-38-28-4-3-5-28/h6-9,11-14,24-25,28-31H,3-5,10,15-21H2,1-2H3,(H,34,37)/t24-,25-,29+,30?,31+/m1/s1. The van der Waals surface area contributed by atoms with Crippen LogP contribution in [0.15, 0.2) is 48.5 Å². The van der Waals surface area contributed by atoms with E-state index in [1.807, 2.05) is 24.3 Å². The SMILES string of the molecule is CC1(C)[C@@H]2CCC(N3C[C@H]4CCN(c5ccc(NC(=O)c6ccc(COC7CCC7)cc6)cc5)[C@H]4C3)[C@@H]1C2. The van der Waals surface area contributed by atoms with Gasteiger partial charge < -0.3 is 15.0 Å². The van der Waals surface area contributed by atoms with Crippen LogP contribution in [0.1, 0.15) is 74.7 Å². The van der Waals surface area contributed by atoms with E-state index in [0.29, 0.717) is 29.7 Å². The number of ether oxygens (including phenoxy) is 1. The van der Waals surface area contributed by atoms with Crippen LogP contribution >= 0.6 is 0 Å². The summed E-state index contributed by atoms with van der Waals surface area (Å²) in [5.74, 6) is 2.59. The predicted octanol–water partition coefficient (Wildman–Crippen LogP) is 6.34. The maximum Gasteiger partial charge on any atom is 0.255 e. The molecule has 2 bridgehead atoms. The van der Waals surface area contributed by atoms with Crippen molar-refractivity contribution in [2.24, 2.45) is 23.2 Å². The number of amides is 1. The van der Waals surface area contributed by atoms with Gasteiger partial charge in [-0.05, 0) is 110 Å². The van der Waals surface area contributed by atoms with E-state index in [2.05, 4.69) is 53.2 Å². The second-order valence-electron chi connectivity index (χ2n) is 13.3. The molecule has 4 aliphatic carbocycles. The molecule has 4 saturated carbocycles. The first-order chi connectivity index (χ1) is 18.5. The molecule has 5 nitrogen and oxygen atoms in total. The van der Waals surface area contributed by atoms with Gasteiger partial charge in [0.15, 0.2) is 0 Å². The van der Waals surface area contributed by atoms with Gasteiger partial charge in [0.05, 0.1) is 12.7 Å². The zero-order valence-corrected chi connectivity index (χ0v) is 23.1. The molecule has 0 radical (unpaired) electrons. The normalized spacial score (nSPS) is 31.9. The average Bonchev–Trinajstić information content (AvgIpc) is 3.50. The zero-order valence-electron chi connectivity index (χ0n) is 23.1. The molecule has 0 spiro atoms. The highest BCUT2D eigenvalue weighted by Crippen LogP contribution is 2.60. The van der Waals surface area contributed by atoms with Crippen LogP contribution in [0.2, 0.25) is 0 Å². The van der Waals surface area contributed by atoms with Crippen LogP contribution in [0.25, 0.3) is 0 Å². The minimum absolute atomic E-state index is 0.0643. The first-order valence-corrected chi connectivity index (χ1v) is 15.1. The molecular weight excluding hydrogens is 470 g/mol. The Labute approximate surface area is 227 Å². The molecule has 1 unspecified atom stereocenters. The Kier molecular flexibility index (Phi) is 6.28. The number of anilines is 2. The molecule has 2 aromatic carbocycles. The number of nitrogens with zero attached hydrogens (tertiary/aromatic N) is 2. The topological polar surface area (TPSA) is 44.8 Å². The van der Waals surface area contributed by atoms with Gasteiger partial charge in [0.2, 0.25) is 0 Å². The number of carbonyl (C=O) groups excluding carboxylic acids is 1. The van der Waals surface area contributed by atoms with Crippen LogP contribution in [0.5, 0.6) is 0 Å². The van der Waals surface area contributed by atoms with Crippen LogP contribution in [0.3, 0.4) is 0 Å². The molecule has 5 heteroatoms. The molecular formula is C33H43N3O2. The van der Waals surface area contributed by atoms with Crippen molar-refractivity contribution in [1.29, 1.82) is 0 Å². The second kappa shape index (κ2) is 9.67. The van der Waals surface area contributed by atoms with Crippen LogP contribution in [-0.2, 0) is 11.3 Å². The fourth-order valence-electron chi connectivity index (χ4n) is 8.24. The van der Waals surface area contributed by atoms with Crippen molar-refractivity contribution in [1.82, 2.24) is 4.90 Å². The molecule has 2 heterocycles. The first-order valence-electron chi connectivity index (χ1n) is 15.1. The van der Waals surface area contributed by atoms with Crippen molar-refractivity contribution >= 4 is 17.3 Å². The van der Waals surface area contributed by atoms with Crippen molar-refractivity contribution in [3.8, 4) is 0 Å². The van der Waals surface area contributed by atoms with Gasteiger partial charge in [0.1, 0.15) is 0 Å². The number of hydrogen-bond donors (Lipinski definition) is 1. The Bertz CT molecular complexity index is 1150. The van der Waals surface area contributed by atoms with E-state index in [9.17, 15) is 4.79 Å². The maximum absolute atomic E-state index is 12.8.